The van der Waals surface area contributed by atoms with Gasteiger partial charge in [-0.05, 0) is 25.7 Å². The van der Waals surface area contributed by atoms with Crippen LogP contribution in [0.4, 0.5) is 0 Å². The Morgan fingerprint density at radius 3 is 2.65 bits per heavy atom. The summed E-state index contributed by atoms with van der Waals surface area (Å²) in [6, 6.07) is 0.558. The number of nitrogens with one attached hydrogen (secondary N) is 1. The van der Waals surface area contributed by atoms with Gasteiger partial charge >= 0.3 is 0 Å². The van der Waals surface area contributed by atoms with Crippen LogP contribution in [0.25, 0.3) is 0 Å². The summed E-state index contributed by atoms with van der Waals surface area (Å²) in [7, 11) is 0. The van der Waals surface area contributed by atoms with E-state index in [2.05, 4.69) is 17.1 Å². The minimum atomic E-state index is -0.254. The molecule has 0 radical (unpaired) electrons. The molecule has 2 aliphatic rings. The van der Waals surface area contributed by atoms with Crippen molar-refractivity contribution in [2.45, 2.75) is 38.3 Å². The molecule has 1 saturated carbocycles. The Morgan fingerprint density at radius 2 is 2.06 bits per heavy atom. The molecule has 0 aromatic rings. The van der Waals surface area contributed by atoms with Crippen LogP contribution in [0.15, 0.2) is 0 Å². The fraction of sp³-hybridized carbons (Fsp3) is 1.00. The fourth-order valence-corrected chi connectivity index (χ4v) is 2.57. The summed E-state index contributed by atoms with van der Waals surface area (Å²) in [6.07, 6.45) is 3.84. The van der Waals surface area contributed by atoms with E-state index in [9.17, 15) is 5.11 Å². The summed E-state index contributed by atoms with van der Waals surface area (Å²) in [5.74, 6) is 0.839. The molecule has 100 valence electrons. The maximum absolute atomic E-state index is 9.98. The van der Waals surface area contributed by atoms with Crippen LogP contribution in [0.2, 0.25) is 0 Å². The van der Waals surface area contributed by atoms with Crippen LogP contribution in [-0.4, -0.2) is 61.5 Å². The first-order valence-electron chi connectivity index (χ1n) is 6.97. The van der Waals surface area contributed by atoms with E-state index in [0.717, 1.165) is 45.3 Å². The van der Waals surface area contributed by atoms with Gasteiger partial charge in [-0.2, -0.15) is 0 Å². The summed E-state index contributed by atoms with van der Waals surface area (Å²) >= 11 is 0. The molecule has 4 nitrogen and oxygen atoms in total. The van der Waals surface area contributed by atoms with Crippen molar-refractivity contribution in [1.82, 2.24) is 10.2 Å². The van der Waals surface area contributed by atoms with Crippen LogP contribution < -0.4 is 5.32 Å². The third kappa shape index (κ3) is 4.21. The normalized spacial score (nSPS) is 26.5. The van der Waals surface area contributed by atoms with Crippen molar-refractivity contribution in [3.63, 3.8) is 0 Å². The zero-order chi connectivity index (χ0) is 12.1. The molecule has 0 aromatic carbocycles. The van der Waals surface area contributed by atoms with Crippen LogP contribution in [0.1, 0.15) is 26.2 Å². The molecule has 2 N–H and O–H groups in total. The molecule has 17 heavy (non-hydrogen) atoms. The topological polar surface area (TPSA) is 44.7 Å². The van der Waals surface area contributed by atoms with Crippen LogP contribution in [0.3, 0.4) is 0 Å². The fourth-order valence-electron chi connectivity index (χ4n) is 2.57. The molecule has 1 heterocycles. The summed E-state index contributed by atoms with van der Waals surface area (Å²) in [6.45, 7) is 7.25. The van der Waals surface area contributed by atoms with Gasteiger partial charge in [0.15, 0.2) is 0 Å². The van der Waals surface area contributed by atoms with Gasteiger partial charge in [0.25, 0.3) is 0 Å². The average Bonchev–Trinajstić information content (AvgIpc) is 2.25. The number of rotatable bonds is 6. The quantitative estimate of drug-likeness (QED) is 0.710. The second-order valence-corrected chi connectivity index (χ2v) is 5.45. The van der Waals surface area contributed by atoms with Gasteiger partial charge in [0.1, 0.15) is 0 Å². The van der Waals surface area contributed by atoms with Gasteiger partial charge < -0.3 is 15.2 Å². The lowest BCUT2D eigenvalue weighted by Crippen LogP contribution is -2.46. The van der Waals surface area contributed by atoms with Crippen molar-refractivity contribution >= 4 is 0 Å². The molecule has 0 aromatic heterocycles. The van der Waals surface area contributed by atoms with E-state index in [1.807, 2.05) is 0 Å². The molecule has 2 unspecified atom stereocenters. The van der Waals surface area contributed by atoms with E-state index >= 15 is 0 Å². The Balaban J connectivity index is 1.57. The monoisotopic (exact) mass is 242 g/mol. The van der Waals surface area contributed by atoms with Gasteiger partial charge in [-0.1, -0.05) is 6.42 Å². The third-order valence-electron chi connectivity index (χ3n) is 4.11. The zero-order valence-electron chi connectivity index (χ0n) is 10.9. The number of β-amino-alcohol motifs (C(OH)–C–C–N with tert-alkyl or cyclic N) is 1. The van der Waals surface area contributed by atoms with Crippen LogP contribution in [0, 0.1) is 5.92 Å². The number of hydrogen-bond acceptors (Lipinski definition) is 4. The molecule has 2 rings (SSSR count). The third-order valence-corrected chi connectivity index (χ3v) is 4.11. The SMILES string of the molecule is CC(NCC(O)CN1CCOCC1)C1CCC1. The van der Waals surface area contributed by atoms with Gasteiger partial charge in [0.2, 0.25) is 0 Å². The Kier molecular flexibility index (Phi) is 5.22. The van der Waals surface area contributed by atoms with Gasteiger partial charge in [-0.25, -0.2) is 0 Å². The standard InChI is InChI=1S/C13H26N2O2/c1-11(12-3-2-4-12)14-9-13(16)10-15-5-7-17-8-6-15/h11-14,16H,2-10H2,1H3. The van der Waals surface area contributed by atoms with Gasteiger partial charge in [-0.15, -0.1) is 0 Å². The average molecular weight is 242 g/mol. The van der Waals surface area contributed by atoms with Crippen molar-refractivity contribution in [2.75, 3.05) is 39.4 Å². The predicted molar refractivity (Wildman–Crippen MR) is 68.1 cm³/mol. The molecule has 1 aliphatic carbocycles. The molecule has 2 fully saturated rings. The second kappa shape index (κ2) is 6.69. The number of morpholine rings is 1. The van der Waals surface area contributed by atoms with Crippen LogP contribution >= 0.6 is 0 Å². The Morgan fingerprint density at radius 1 is 1.35 bits per heavy atom. The first-order chi connectivity index (χ1) is 8.25. The minimum absolute atomic E-state index is 0.254. The lowest BCUT2D eigenvalue weighted by atomic mass is 9.80. The van der Waals surface area contributed by atoms with E-state index in [1.165, 1.54) is 19.3 Å². The molecule has 0 bridgehead atoms. The van der Waals surface area contributed by atoms with Crippen molar-refractivity contribution in [2.24, 2.45) is 5.92 Å². The summed E-state index contributed by atoms with van der Waals surface area (Å²) in [4.78, 5) is 2.28. The lowest BCUT2D eigenvalue weighted by Gasteiger charge is -2.33. The largest absolute Gasteiger partial charge is 0.390 e. The Hall–Kier alpha value is -0.160. The smallest absolute Gasteiger partial charge is 0.0791 e. The van der Waals surface area contributed by atoms with Crippen molar-refractivity contribution in [3.8, 4) is 0 Å². The second-order valence-electron chi connectivity index (χ2n) is 5.45. The molecule has 1 aliphatic heterocycles. The molecular weight excluding hydrogens is 216 g/mol. The van der Waals surface area contributed by atoms with Crippen LogP contribution in [-0.2, 0) is 4.74 Å². The number of hydrogen-bond donors (Lipinski definition) is 2. The van der Waals surface area contributed by atoms with Gasteiger partial charge in [0, 0.05) is 32.2 Å². The summed E-state index contributed by atoms with van der Waals surface area (Å²) in [5, 5.41) is 13.4. The molecular formula is C13H26N2O2. The molecule has 0 amide bonds. The number of aliphatic hydroxyl groups excluding tert-OH is 1. The minimum Gasteiger partial charge on any atom is -0.390 e. The highest BCUT2D eigenvalue weighted by Crippen LogP contribution is 2.29. The molecule has 1 saturated heterocycles. The predicted octanol–water partition coefficient (Wildman–Crippen LogP) is 0.458. The highest BCUT2D eigenvalue weighted by Gasteiger charge is 2.24. The van der Waals surface area contributed by atoms with Crippen molar-refractivity contribution < 1.29 is 9.84 Å². The molecule has 0 spiro atoms. The van der Waals surface area contributed by atoms with E-state index in [4.69, 9.17) is 4.74 Å². The maximum atomic E-state index is 9.98. The maximum Gasteiger partial charge on any atom is 0.0791 e. The summed E-state index contributed by atoms with van der Waals surface area (Å²) < 4.78 is 5.29. The van der Waals surface area contributed by atoms with Crippen molar-refractivity contribution in [1.29, 1.82) is 0 Å². The lowest BCUT2D eigenvalue weighted by molar-refractivity contribution is 0.0139. The summed E-state index contributed by atoms with van der Waals surface area (Å²) in [5.41, 5.74) is 0. The highest BCUT2D eigenvalue weighted by molar-refractivity contribution is 4.80. The van der Waals surface area contributed by atoms with Gasteiger partial charge in [0.05, 0.1) is 19.3 Å². The van der Waals surface area contributed by atoms with Crippen molar-refractivity contribution in [3.05, 3.63) is 0 Å². The number of aliphatic hydroxyl groups is 1. The van der Waals surface area contributed by atoms with E-state index in [1.54, 1.807) is 0 Å². The number of nitrogens with zero attached hydrogens (tertiary/aromatic N) is 1. The first kappa shape index (κ1) is 13.3. The molecule has 2 atom stereocenters. The first-order valence-corrected chi connectivity index (χ1v) is 6.97. The van der Waals surface area contributed by atoms with Gasteiger partial charge in [-0.3, -0.25) is 4.90 Å². The van der Waals surface area contributed by atoms with E-state index in [-0.39, 0.29) is 6.10 Å². The Labute approximate surface area is 104 Å². The van der Waals surface area contributed by atoms with E-state index in [0.29, 0.717) is 6.04 Å². The van der Waals surface area contributed by atoms with Crippen LogP contribution in [0.5, 0.6) is 0 Å². The Bertz CT molecular complexity index is 215. The number of ether oxygens (including phenoxy) is 1. The molecule has 4 heteroatoms. The zero-order valence-corrected chi connectivity index (χ0v) is 10.9. The van der Waals surface area contributed by atoms with E-state index < -0.39 is 0 Å². The highest BCUT2D eigenvalue weighted by atomic mass is 16.5.